The highest BCUT2D eigenvalue weighted by Gasteiger charge is 2.34. The number of hydrogen-bond acceptors (Lipinski definition) is 1. The third-order valence-electron chi connectivity index (χ3n) is 3.86. The van der Waals surface area contributed by atoms with Gasteiger partial charge in [-0.05, 0) is 38.0 Å². The van der Waals surface area contributed by atoms with E-state index in [2.05, 4.69) is 36.4 Å². The van der Waals surface area contributed by atoms with Crippen molar-refractivity contribution in [1.82, 2.24) is 0 Å². The highest BCUT2D eigenvalue weighted by atomic mass is 127. The van der Waals surface area contributed by atoms with Gasteiger partial charge in [0.2, 0.25) is 0 Å². The van der Waals surface area contributed by atoms with Crippen LogP contribution in [0.3, 0.4) is 0 Å². The van der Waals surface area contributed by atoms with Gasteiger partial charge in [0.25, 0.3) is 0 Å². The first-order valence-electron chi connectivity index (χ1n) is 6.96. The fourth-order valence-electron chi connectivity index (χ4n) is 2.65. The van der Waals surface area contributed by atoms with Gasteiger partial charge in [0, 0.05) is 11.0 Å². The zero-order chi connectivity index (χ0) is 11.9. The molecule has 0 spiro atoms. The van der Waals surface area contributed by atoms with Gasteiger partial charge in [0.15, 0.2) is 0 Å². The summed E-state index contributed by atoms with van der Waals surface area (Å²) in [6, 6.07) is 0. The molecule has 0 aromatic carbocycles. The summed E-state index contributed by atoms with van der Waals surface area (Å²) in [6.07, 6.45) is 10.6. The van der Waals surface area contributed by atoms with Crippen LogP contribution in [0.15, 0.2) is 0 Å². The predicted octanol–water partition coefficient (Wildman–Crippen LogP) is 4.97. The molecule has 1 rings (SSSR count). The predicted molar refractivity (Wildman–Crippen MR) is 79.3 cm³/mol. The van der Waals surface area contributed by atoms with Crippen LogP contribution in [0.1, 0.15) is 65.2 Å². The number of halogens is 1. The summed E-state index contributed by atoms with van der Waals surface area (Å²) in [5, 5.41) is 0. The van der Waals surface area contributed by atoms with E-state index in [4.69, 9.17) is 4.74 Å². The molecule has 0 radical (unpaired) electrons. The Kier molecular flexibility index (Phi) is 7.29. The second-order valence-electron chi connectivity index (χ2n) is 5.25. The fraction of sp³-hybridized carbons (Fsp3) is 1.00. The highest BCUT2D eigenvalue weighted by molar-refractivity contribution is 14.1. The molecule has 1 nitrogen and oxygen atoms in total. The summed E-state index contributed by atoms with van der Waals surface area (Å²) in [4.78, 5) is 0. The second kappa shape index (κ2) is 7.91. The van der Waals surface area contributed by atoms with Gasteiger partial charge in [-0.3, -0.25) is 0 Å². The maximum absolute atomic E-state index is 6.18. The summed E-state index contributed by atoms with van der Waals surface area (Å²) < 4.78 is 7.35. The van der Waals surface area contributed by atoms with Gasteiger partial charge in [-0.15, -0.1) is 0 Å². The van der Waals surface area contributed by atoms with E-state index in [1.165, 1.54) is 55.8 Å². The lowest BCUT2D eigenvalue weighted by Crippen LogP contribution is -2.39. The van der Waals surface area contributed by atoms with Crippen LogP contribution in [-0.4, -0.2) is 16.6 Å². The molecule has 0 aromatic heterocycles. The molecule has 0 aromatic rings. The minimum absolute atomic E-state index is 0.236. The summed E-state index contributed by atoms with van der Waals surface area (Å²) in [5.74, 6) is 0.982. The third kappa shape index (κ3) is 4.52. The molecule has 0 N–H and O–H groups in total. The maximum Gasteiger partial charge on any atom is 0.0771 e. The molecule has 1 saturated carbocycles. The number of alkyl halides is 1. The topological polar surface area (TPSA) is 9.23 Å². The lowest BCUT2D eigenvalue weighted by molar-refractivity contribution is -0.0602. The molecule has 0 amide bonds. The minimum atomic E-state index is 0.236. The Morgan fingerprint density at radius 2 is 1.88 bits per heavy atom. The number of unbranched alkanes of at least 4 members (excludes halogenated alkanes) is 1. The van der Waals surface area contributed by atoms with Crippen molar-refractivity contribution >= 4 is 22.6 Å². The third-order valence-corrected chi connectivity index (χ3v) is 5.25. The Hall–Kier alpha value is 0.690. The van der Waals surface area contributed by atoms with Crippen LogP contribution in [0.25, 0.3) is 0 Å². The summed E-state index contributed by atoms with van der Waals surface area (Å²) in [5.41, 5.74) is 0.236. The number of ether oxygens (including phenoxy) is 1. The minimum Gasteiger partial charge on any atom is -0.374 e. The molecule has 2 heteroatoms. The van der Waals surface area contributed by atoms with Crippen molar-refractivity contribution in [3.63, 3.8) is 0 Å². The first-order chi connectivity index (χ1) is 7.76. The van der Waals surface area contributed by atoms with Gasteiger partial charge in [0.1, 0.15) is 0 Å². The first-order valence-corrected chi connectivity index (χ1v) is 8.49. The Balaban J connectivity index is 2.32. The van der Waals surface area contributed by atoms with Crippen LogP contribution in [-0.2, 0) is 4.74 Å². The van der Waals surface area contributed by atoms with E-state index >= 15 is 0 Å². The van der Waals surface area contributed by atoms with Crippen molar-refractivity contribution in [1.29, 1.82) is 0 Å². The fourth-order valence-corrected chi connectivity index (χ4v) is 3.63. The molecule has 0 heterocycles. The van der Waals surface area contributed by atoms with E-state index in [-0.39, 0.29) is 5.60 Å². The van der Waals surface area contributed by atoms with Gasteiger partial charge in [-0.2, -0.15) is 0 Å². The summed E-state index contributed by atoms with van der Waals surface area (Å²) in [7, 11) is 0. The van der Waals surface area contributed by atoms with Crippen LogP contribution in [0.2, 0.25) is 0 Å². The molecule has 1 fully saturated rings. The van der Waals surface area contributed by atoms with E-state index in [1.807, 2.05) is 0 Å². The first kappa shape index (κ1) is 14.7. The van der Waals surface area contributed by atoms with Crippen molar-refractivity contribution in [2.24, 2.45) is 5.92 Å². The van der Waals surface area contributed by atoms with Crippen LogP contribution < -0.4 is 0 Å². The number of hydrogen-bond donors (Lipinski definition) is 0. The Morgan fingerprint density at radius 1 is 1.19 bits per heavy atom. The van der Waals surface area contributed by atoms with Crippen molar-refractivity contribution in [2.75, 3.05) is 11.0 Å². The number of rotatable bonds is 7. The monoisotopic (exact) mass is 338 g/mol. The SMILES string of the molecule is CCCCOC1(CI)CCC(CCC)CC1. The zero-order valence-corrected chi connectivity index (χ0v) is 13.1. The van der Waals surface area contributed by atoms with Crippen molar-refractivity contribution in [3.05, 3.63) is 0 Å². The van der Waals surface area contributed by atoms with E-state index in [9.17, 15) is 0 Å². The Morgan fingerprint density at radius 3 is 2.38 bits per heavy atom. The normalized spacial score (nSPS) is 30.6. The highest BCUT2D eigenvalue weighted by Crippen LogP contribution is 2.38. The van der Waals surface area contributed by atoms with Gasteiger partial charge in [0.05, 0.1) is 5.60 Å². The Bertz CT molecular complexity index is 174. The average molecular weight is 338 g/mol. The molecule has 0 aliphatic heterocycles. The van der Waals surface area contributed by atoms with Gasteiger partial charge in [-0.25, -0.2) is 0 Å². The largest absolute Gasteiger partial charge is 0.374 e. The zero-order valence-electron chi connectivity index (χ0n) is 10.9. The van der Waals surface area contributed by atoms with Crippen LogP contribution in [0, 0.1) is 5.92 Å². The molecular formula is C14H27IO. The van der Waals surface area contributed by atoms with E-state index in [0.29, 0.717) is 0 Å². The summed E-state index contributed by atoms with van der Waals surface area (Å²) >= 11 is 2.51. The molecule has 96 valence electrons. The summed E-state index contributed by atoms with van der Waals surface area (Å²) in [6.45, 7) is 5.51. The van der Waals surface area contributed by atoms with Gasteiger partial charge >= 0.3 is 0 Å². The van der Waals surface area contributed by atoms with E-state index < -0.39 is 0 Å². The molecule has 1 aliphatic rings. The molecule has 0 atom stereocenters. The molecule has 1 aliphatic carbocycles. The van der Waals surface area contributed by atoms with E-state index in [1.54, 1.807) is 0 Å². The molecule has 16 heavy (non-hydrogen) atoms. The standard InChI is InChI=1S/C14H27IO/c1-3-5-11-16-14(12-15)9-7-13(6-4-2)8-10-14/h13H,3-12H2,1-2H3. The molecular weight excluding hydrogens is 311 g/mol. The van der Waals surface area contributed by atoms with Crippen LogP contribution in [0.5, 0.6) is 0 Å². The molecule has 0 bridgehead atoms. The quantitative estimate of drug-likeness (QED) is 0.362. The molecule has 0 saturated heterocycles. The maximum atomic E-state index is 6.18. The van der Waals surface area contributed by atoms with Crippen molar-refractivity contribution in [2.45, 2.75) is 70.8 Å². The second-order valence-corrected chi connectivity index (χ2v) is 6.01. The lowest BCUT2D eigenvalue weighted by Gasteiger charge is -2.39. The average Bonchev–Trinajstić information content (AvgIpc) is 2.32. The Labute approximate surface area is 115 Å². The van der Waals surface area contributed by atoms with Gasteiger partial charge < -0.3 is 4.74 Å². The van der Waals surface area contributed by atoms with E-state index in [0.717, 1.165) is 12.5 Å². The van der Waals surface area contributed by atoms with Crippen molar-refractivity contribution < 1.29 is 4.74 Å². The molecule has 0 unspecified atom stereocenters. The van der Waals surface area contributed by atoms with Crippen LogP contribution in [0.4, 0.5) is 0 Å². The lowest BCUT2D eigenvalue weighted by atomic mass is 9.78. The van der Waals surface area contributed by atoms with Crippen molar-refractivity contribution in [3.8, 4) is 0 Å². The van der Waals surface area contributed by atoms with Crippen LogP contribution >= 0.6 is 22.6 Å². The smallest absolute Gasteiger partial charge is 0.0771 e. The van der Waals surface area contributed by atoms with Gasteiger partial charge in [-0.1, -0.05) is 55.7 Å².